The summed E-state index contributed by atoms with van der Waals surface area (Å²) in [7, 11) is 0. The summed E-state index contributed by atoms with van der Waals surface area (Å²) >= 11 is 12.0. The first-order chi connectivity index (χ1) is 9.10. The van der Waals surface area contributed by atoms with E-state index < -0.39 is 0 Å². The van der Waals surface area contributed by atoms with Gasteiger partial charge in [-0.3, -0.25) is 0 Å². The number of halogens is 2. The second-order valence-corrected chi connectivity index (χ2v) is 5.05. The zero-order valence-electron chi connectivity index (χ0n) is 10.3. The SMILES string of the molecule is Cc1ccc(/C(C#N)=C\c2ccc(Cl)cc2Cl)cc1. The van der Waals surface area contributed by atoms with E-state index in [2.05, 4.69) is 6.07 Å². The number of aryl methyl sites for hydroxylation is 1. The van der Waals surface area contributed by atoms with Crippen molar-refractivity contribution in [3.63, 3.8) is 0 Å². The van der Waals surface area contributed by atoms with Crippen LogP contribution in [0.1, 0.15) is 16.7 Å². The van der Waals surface area contributed by atoms with Gasteiger partial charge in [-0.25, -0.2) is 0 Å². The Balaban J connectivity index is 2.44. The second-order valence-electron chi connectivity index (χ2n) is 4.20. The van der Waals surface area contributed by atoms with Crippen molar-refractivity contribution in [3.8, 4) is 6.07 Å². The molecule has 2 aromatic rings. The summed E-state index contributed by atoms with van der Waals surface area (Å²) in [6, 6.07) is 15.2. The van der Waals surface area contributed by atoms with E-state index in [1.165, 1.54) is 0 Å². The predicted molar refractivity (Wildman–Crippen MR) is 81.1 cm³/mol. The first-order valence-corrected chi connectivity index (χ1v) is 6.49. The van der Waals surface area contributed by atoms with Gasteiger partial charge < -0.3 is 0 Å². The summed E-state index contributed by atoms with van der Waals surface area (Å²) in [5.41, 5.74) is 3.39. The van der Waals surface area contributed by atoms with Crippen molar-refractivity contribution >= 4 is 34.9 Å². The average Bonchev–Trinajstić information content (AvgIpc) is 2.39. The molecule has 0 N–H and O–H groups in total. The molecule has 0 aliphatic carbocycles. The highest BCUT2D eigenvalue weighted by molar-refractivity contribution is 6.35. The number of rotatable bonds is 2. The van der Waals surface area contributed by atoms with Gasteiger partial charge in [0, 0.05) is 10.0 Å². The number of hydrogen-bond donors (Lipinski definition) is 0. The molecule has 0 aromatic heterocycles. The lowest BCUT2D eigenvalue weighted by molar-refractivity contribution is 1.45. The van der Waals surface area contributed by atoms with Crippen molar-refractivity contribution in [3.05, 3.63) is 69.2 Å². The molecule has 0 saturated carbocycles. The quantitative estimate of drug-likeness (QED) is 0.538. The summed E-state index contributed by atoms with van der Waals surface area (Å²) in [6.07, 6.45) is 1.77. The third-order valence-electron chi connectivity index (χ3n) is 2.75. The van der Waals surface area contributed by atoms with Gasteiger partial charge in [0.1, 0.15) is 0 Å². The Labute approximate surface area is 122 Å². The van der Waals surface area contributed by atoms with Crippen LogP contribution in [-0.4, -0.2) is 0 Å². The van der Waals surface area contributed by atoms with Gasteiger partial charge in [0.2, 0.25) is 0 Å². The Bertz CT molecular complexity index is 664. The zero-order valence-corrected chi connectivity index (χ0v) is 11.8. The molecule has 3 heteroatoms. The highest BCUT2D eigenvalue weighted by atomic mass is 35.5. The van der Waals surface area contributed by atoms with Crippen LogP contribution in [0.4, 0.5) is 0 Å². The topological polar surface area (TPSA) is 23.8 Å². The van der Waals surface area contributed by atoms with Gasteiger partial charge >= 0.3 is 0 Å². The van der Waals surface area contributed by atoms with E-state index in [0.717, 1.165) is 16.7 Å². The van der Waals surface area contributed by atoms with E-state index in [4.69, 9.17) is 23.2 Å². The Hall–Kier alpha value is -1.75. The van der Waals surface area contributed by atoms with Crippen LogP contribution in [0.5, 0.6) is 0 Å². The van der Waals surface area contributed by atoms with Crippen LogP contribution in [0.25, 0.3) is 11.6 Å². The van der Waals surface area contributed by atoms with Gasteiger partial charge in [-0.05, 0) is 36.3 Å². The van der Waals surface area contributed by atoms with Crippen LogP contribution < -0.4 is 0 Å². The molecule has 0 fully saturated rings. The predicted octanol–water partition coefficient (Wildman–Crippen LogP) is 5.37. The molecule has 0 aliphatic rings. The van der Waals surface area contributed by atoms with Crippen molar-refractivity contribution in [1.29, 1.82) is 5.26 Å². The lowest BCUT2D eigenvalue weighted by Crippen LogP contribution is -1.83. The standard InChI is InChI=1S/C16H11Cl2N/c1-11-2-4-12(5-3-11)14(10-19)8-13-6-7-15(17)9-16(13)18/h2-9H,1H3/b14-8-. The van der Waals surface area contributed by atoms with Crippen LogP contribution >= 0.6 is 23.2 Å². The molecule has 19 heavy (non-hydrogen) atoms. The first kappa shape index (κ1) is 13.7. The molecule has 94 valence electrons. The summed E-state index contributed by atoms with van der Waals surface area (Å²) in [6.45, 7) is 2.01. The van der Waals surface area contributed by atoms with Crippen LogP contribution in [0.3, 0.4) is 0 Å². The molecule has 0 bridgehead atoms. The lowest BCUT2D eigenvalue weighted by atomic mass is 10.0. The number of nitrogens with zero attached hydrogens (tertiary/aromatic N) is 1. The average molecular weight is 288 g/mol. The Kier molecular flexibility index (Phi) is 4.27. The molecule has 0 atom stereocenters. The minimum Gasteiger partial charge on any atom is -0.192 e. The monoisotopic (exact) mass is 287 g/mol. The molecular formula is C16H11Cl2N. The summed E-state index contributed by atoms with van der Waals surface area (Å²) in [5, 5.41) is 10.4. The number of hydrogen-bond acceptors (Lipinski definition) is 1. The smallest absolute Gasteiger partial charge is 0.0998 e. The first-order valence-electron chi connectivity index (χ1n) is 5.74. The van der Waals surface area contributed by atoms with Gasteiger partial charge in [-0.2, -0.15) is 5.26 Å². The van der Waals surface area contributed by atoms with Crippen LogP contribution in [0.15, 0.2) is 42.5 Å². The fraction of sp³-hybridized carbons (Fsp3) is 0.0625. The largest absolute Gasteiger partial charge is 0.192 e. The van der Waals surface area contributed by atoms with E-state index in [1.807, 2.05) is 31.2 Å². The third kappa shape index (κ3) is 3.38. The zero-order chi connectivity index (χ0) is 13.8. The molecule has 0 aliphatic heterocycles. The van der Waals surface area contributed by atoms with Crippen molar-refractivity contribution < 1.29 is 0 Å². The van der Waals surface area contributed by atoms with Crippen LogP contribution in [0.2, 0.25) is 10.0 Å². The van der Waals surface area contributed by atoms with Crippen molar-refractivity contribution in [2.45, 2.75) is 6.92 Å². The van der Waals surface area contributed by atoms with E-state index in [-0.39, 0.29) is 0 Å². The molecule has 1 nitrogen and oxygen atoms in total. The molecule has 0 radical (unpaired) electrons. The van der Waals surface area contributed by atoms with E-state index in [0.29, 0.717) is 15.6 Å². The maximum atomic E-state index is 9.27. The summed E-state index contributed by atoms with van der Waals surface area (Å²) in [4.78, 5) is 0. The van der Waals surface area contributed by atoms with Crippen molar-refractivity contribution in [2.75, 3.05) is 0 Å². The molecular weight excluding hydrogens is 277 g/mol. The molecule has 0 spiro atoms. The lowest BCUT2D eigenvalue weighted by Gasteiger charge is -2.03. The van der Waals surface area contributed by atoms with Gasteiger partial charge in [-0.1, -0.05) is 59.1 Å². The fourth-order valence-electron chi connectivity index (χ4n) is 1.69. The highest BCUT2D eigenvalue weighted by Gasteiger charge is 2.04. The normalized spacial score (nSPS) is 11.2. The maximum absolute atomic E-state index is 9.27. The highest BCUT2D eigenvalue weighted by Crippen LogP contribution is 2.25. The maximum Gasteiger partial charge on any atom is 0.0998 e. The van der Waals surface area contributed by atoms with Crippen molar-refractivity contribution in [2.24, 2.45) is 0 Å². The Morgan fingerprint density at radius 3 is 2.37 bits per heavy atom. The summed E-state index contributed by atoms with van der Waals surface area (Å²) in [5.74, 6) is 0. The molecule has 2 rings (SSSR count). The van der Waals surface area contributed by atoms with Crippen molar-refractivity contribution in [1.82, 2.24) is 0 Å². The van der Waals surface area contributed by atoms with E-state index in [1.54, 1.807) is 24.3 Å². The van der Waals surface area contributed by atoms with E-state index in [9.17, 15) is 5.26 Å². The Morgan fingerprint density at radius 2 is 1.79 bits per heavy atom. The van der Waals surface area contributed by atoms with Gasteiger partial charge in [0.15, 0.2) is 0 Å². The van der Waals surface area contributed by atoms with Crippen LogP contribution in [0, 0.1) is 18.3 Å². The minimum absolute atomic E-state index is 0.535. The second kappa shape index (κ2) is 5.93. The third-order valence-corrected chi connectivity index (χ3v) is 3.31. The van der Waals surface area contributed by atoms with Crippen LogP contribution in [-0.2, 0) is 0 Å². The number of nitriles is 1. The molecule has 0 heterocycles. The van der Waals surface area contributed by atoms with Gasteiger partial charge in [0.25, 0.3) is 0 Å². The van der Waals surface area contributed by atoms with E-state index >= 15 is 0 Å². The molecule has 0 amide bonds. The molecule has 0 saturated heterocycles. The molecule has 2 aromatic carbocycles. The van der Waals surface area contributed by atoms with Gasteiger partial charge in [0.05, 0.1) is 11.6 Å². The number of allylic oxidation sites excluding steroid dienone is 1. The fourth-order valence-corrected chi connectivity index (χ4v) is 2.15. The summed E-state index contributed by atoms with van der Waals surface area (Å²) < 4.78 is 0. The number of benzene rings is 2. The molecule has 0 unspecified atom stereocenters. The van der Waals surface area contributed by atoms with Gasteiger partial charge in [-0.15, -0.1) is 0 Å². The minimum atomic E-state index is 0.535. The Morgan fingerprint density at radius 1 is 1.11 bits per heavy atom.